The quantitative estimate of drug-likeness (QED) is 0.547. The maximum absolute atomic E-state index is 12.3. The number of carbonyl (C=O) groups is 2. The molecule has 2 aromatic rings. The van der Waals surface area contributed by atoms with Gasteiger partial charge in [0.15, 0.2) is 0 Å². The van der Waals surface area contributed by atoms with E-state index in [1.165, 1.54) is 4.90 Å². The van der Waals surface area contributed by atoms with E-state index in [0.717, 1.165) is 37.2 Å². The Morgan fingerprint density at radius 3 is 2.33 bits per heavy atom. The summed E-state index contributed by atoms with van der Waals surface area (Å²) in [7, 11) is 1.67. The number of para-hydroxylation sites is 1. The van der Waals surface area contributed by atoms with Crippen molar-refractivity contribution in [3.05, 3.63) is 71.3 Å². The van der Waals surface area contributed by atoms with Crippen LogP contribution in [0.25, 0.3) is 6.08 Å². The van der Waals surface area contributed by atoms with Crippen molar-refractivity contribution in [3.63, 3.8) is 0 Å². The Morgan fingerprint density at radius 1 is 0.963 bits per heavy atom. The van der Waals surface area contributed by atoms with Gasteiger partial charge in [-0.05, 0) is 37.6 Å². The largest absolute Gasteiger partial charge is 0.496 e. The number of ether oxygens (including phenoxy) is 1. The van der Waals surface area contributed by atoms with E-state index in [2.05, 4.69) is 11.4 Å². The molecule has 0 atom stereocenters. The normalized spacial score (nSPS) is 13.4. The number of methoxy groups -OCH3 is 1. The molecule has 5 nitrogen and oxygen atoms in total. The molecule has 0 saturated heterocycles. The molecule has 0 spiro atoms. The number of amides is 2. The Kier molecular flexibility index (Phi) is 6.39. The highest BCUT2D eigenvalue weighted by atomic mass is 16.5. The highest BCUT2D eigenvalue weighted by Crippen LogP contribution is 2.22. The minimum atomic E-state index is -0.177. The summed E-state index contributed by atoms with van der Waals surface area (Å²) in [6, 6.07) is 14.9. The third kappa shape index (κ3) is 4.44. The molecule has 3 rings (SSSR count). The van der Waals surface area contributed by atoms with E-state index in [1.54, 1.807) is 31.4 Å². The Hall–Kier alpha value is -2.92. The summed E-state index contributed by atoms with van der Waals surface area (Å²) in [5, 5.41) is 3.34. The van der Waals surface area contributed by atoms with Gasteiger partial charge < -0.3 is 10.1 Å². The van der Waals surface area contributed by atoms with Crippen LogP contribution >= 0.6 is 0 Å². The van der Waals surface area contributed by atoms with Gasteiger partial charge in [-0.25, -0.2) is 0 Å². The second kappa shape index (κ2) is 9.14. The molecule has 0 bridgehead atoms. The molecule has 2 amide bonds. The Morgan fingerprint density at radius 2 is 1.63 bits per heavy atom. The fourth-order valence-corrected chi connectivity index (χ4v) is 3.14. The molecule has 1 aliphatic rings. The lowest BCUT2D eigenvalue weighted by molar-refractivity contribution is 0.0651. The molecule has 0 aliphatic carbocycles. The van der Waals surface area contributed by atoms with Gasteiger partial charge in [-0.2, -0.15) is 0 Å². The monoisotopic (exact) mass is 364 g/mol. The highest BCUT2D eigenvalue weighted by molar-refractivity contribution is 6.21. The van der Waals surface area contributed by atoms with Crippen LogP contribution in [0, 0.1) is 0 Å². The first kappa shape index (κ1) is 18.9. The third-order valence-corrected chi connectivity index (χ3v) is 4.56. The van der Waals surface area contributed by atoms with E-state index in [0.29, 0.717) is 17.7 Å². The molecule has 0 radical (unpaired) electrons. The van der Waals surface area contributed by atoms with Crippen LogP contribution in [0.4, 0.5) is 0 Å². The smallest absolute Gasteiger partial charge is 0.261 e. The number of rotatable bonds is 9. The second-order valence-corrected chi connectivity index (χ2v) is 6.36. The summed E-state index contributed by atoms with van der Waals surface area (Å²) in [6.45, 7) is 2.05. The van der Waals surface area contributed by atoms with E-state index < -0.39 is 0 Å². The van der Waals surface area contributed by atoms with Gasteiger partial charge in [0, 0.05) is 18.7 Å². The predicted molar refractivity (Wildman–Crippen MR) is 106 cm³/mol. The van der Waals surface area contributed by atoms with Gasteiger partial charge in [-0.1, -0.05) is 42.5 Å². The van der Waals surface area contributed by atoms with E-state index in [-0.39, 0.29) is 11.8 Å². The number of fused-ring (bicyclic) bond motifs is 1. The first-order valence-electron chi connectivity index (χ1n) is 9.18. The van der Waals surface area contributed by atoms with E-state index in [4.69, 9.17) is 4.74 Å². The van der Waals surface area contributed by atoms with Crippen LogP contribution in [0.1, 0.15) is 39.1 Å². The van der Waals surface area contributed by atoms with Crippen molar-refractivity contribution in [1.29, 1.82) is 0 Å². The molecule has 27 heavy (non-hydrogen) atoms. The molecule has 0 fully saturated rings. The summed E-state index contributed by atoms with van der Waals surface area (Å²) in [4.78, 5) is 25.9. The van der Waals surface area contributed by atoms with E-state index in [1.807, 2.05) is 30.3 Å². The van der Waals surface area contributed by atoms with Crippen molar-refractivity contribution < 1.29 is 14.3 Å². The lowest BCUT2D eigenvalue weighted by Crippen LogP contribution is -2.31. The van der Waals surface area contributed by atoms with Crippen LogP contribution in [0.3, 0.4) is 0 Å². The molecule has 5 heteroatoms. The fraction of sp³-hybridized carbons (Fsp3) is 0.273. The van der Waals surface area contributed by atoms with Crippen LogP contribution in [-0.4, -0.2) is 43.5 Å². The number of imide groups is 1. The Bertz CT molecular complexity index is 810. The van der Waals surface area contributed by atoms with Gasteiger partial charge in [0.2, 0.25) is 0 Å². The van der Waals surface area contributed by atoms with Crippen LogP contribution in [-0.2, 0) is 0 Å². The first-order chi connectivity index (χ1) is 13.2. The van der Waals surface area contributed by atoms with Crippen molar-refractivity contribution in [3.8, 4) is 5.75 Å². The molecule has 0 aromatic heterocycles. The standard InChI is InChI=1S/C22H24N2O3/c1-27-20-13-5-2-9-17(20)10-8-15-23-14-6-7-16-24-21(25)18-11-3-4-12-19(18)22(24)26/h2-5,8-13,23H,6-7,14-16H2,1H3/b10-8+. The molecule has 0 unspecified atom stereocenters. The highest BCUT2D eigenvalue weighted by Gasteiger charge is 2.34. The summed E-state index contributed by atoms with van der Waals surface area (Å²) >= 11 is 0. The van der Waals surface area contributed by atoms with Gasteiger partial charge in [0.25, 0.3) is 11.8 Å². The maximum atomic E-state index is 12.3. The summed E-state index contributed by atoms with van der Waals surface area (Å²) in [5.41, 5.74) is 2.08. The van der Waals surface area contributed by atoms with Gasteiger partial charge in [0.05, 0.1) is 18.2 Å². The Balaban J connectivity index is 1.35. The van der Waals surface area contributed by atoms with Gasteiger partial charge in [0.1, 0.15) is 5.75 Å². The van der Waals surface area contributed by atoms with Crippen molar-refractivity contribution in [2.24, 2.45) is 0 Å². The molecule has 140 valence electrons. The van der Waals surface area contributed by atoms with Gasteiger partial charge in [-0.3, -0.25) is 14.5 Å². The molecule has 0 saturated carbocycles. The Labute approximate surface area is 159 Å². The molecular formula is C22H24N2O3. The van der Waals surface area contributed by atoms with Crippen molar-refractivity contribution >= 4 is 17.9 Å². The molecular weight excluding hydrogens is 340 g/mol. The summed E-state index contributed by atoms with van der Waals surface area (Å²) < 4.78 is 5.31. The maximum Gasteiger partial charge on any atom is 0.261 e. The molecule has 2 aromatic carbocycles. The van der Waals surface area contributed by atoms with Crippen molar-refractivity contribution in [2.75, 3.05) is 26.7 Å². The number of carbonyl (C=O) groups excluding carboxylic acids is 2. The fourth-order valence-electron chi connectivity index (χ4n) is 3.14. The first-order valence-corrected chi connectivity index (χ1v) is 9.18. The zero-order chi connectivity index (χ0) is 19.1. The predicted octanol–water partition coefficient (Wildman–Crippen LogP) is 3.37. The minimum absolute atomic E-state index is 0.177. The number of hydrogen-bond donors (Lipinski definition) is 1. The van der Waals surface area contributed by atoms with Crippen LogP contribution in [0.15, 0.2) is 54.6 Å². The molecule has 1 N–H and O–H groups in total. The average Bonchev–Trinajstić information content (AvgIpc) is 2.95. The van der Waals surface area contributed by atoms with Crippen molar-refractivity contribution in [2.45, 2.75) is 12.8 Å². The van der Waals surface area contributed by atoms with Gasteiger partial charge in [-0.15, -0.1) is 0 Å². The minimum Gasteiger partial charge on any atom is -0.496 e. The van der Waals surface area contributed by atoms with E-state index >= 15 is 0 Å². The number of unbranched alkanes of at least 4 members (excludes halogenated alkanes) is 1. The summed E-state index contributed by atoms with van der Waals surface area (Å²) in [6.07, 6.45) is 5.78. The van der Waals surface area contributed by atoms with E-state index in [9.17, 15) is 9.59 Å². The number of hydrogen-bond acceptors (Lipinski definition) is 4. The number of benzene rings is 2. The number of nitrogens with zero attached hydrogens (tertiary/aromatic N) is 1. The SMILES string of the molecule is COc1ccccc1/C=C/CNCCCCN1C(=O)c2ccccc2C1=O. The average molecular weight is 364 g/mol. The zero-order valence-electron chi connectivity index (χ0n) is 15.5. The molecule has 1 heterocycles. The second-order valence-electron chi connectivity index (χ2n) is 6.36. The van der Waals surface area contributed by atoms with Crippen LogP contribution < -0.4 is 10.1 Å². The lowest BCUT2D eigenvalue weighted by Gasteiger charge is -2.13. The third-order valence-electron chi connectivity index (χ3n) is 4.56. The van der Waals surface area contributed by atoms with Gasteiger partial charge >= 0.3 is 0 Å². The zero-order valence-corrected chi connectivity index (χ0v) is 15.5. The van der Waals surface area contributed by atoms with Crippen LogP contribution in [0.5, 0.6) is 5.75 Å². The summed E-state index contributed by atoms with van der Waals surface area (Å²) in [5.74, 6) is 0.501. The number of nitrogens with one attached hydrogen (secondary N) is 1. The van der Waals surface area contributed by atoms with Crippen LogP contribution in [0.2, 0.25) is 0 Å². The lowest BCUT2D eigenvalue weighted by atomic mass is 10.1. The van der Waals surface area contributed by atoms with Crippen molar-refractivity contribution in [1.82, 2.24) is 10.2 Å². The molecule has 1 aliphatic heterocycles. The topological polar surface area (TPSA) is 58.6 Å².